The van der Waals surface area contributed by atoms with Crippen LogP contribution >= 0.6 is 0 Å². The van der Waals surface area contributed by atoms with E-state index in [0.717, 1.165) is 50.6 Å². The Kier molecular flexibility index (Phi) is 10.9. The number of hydrogen-bond acceptors (Lipinski definition) is 6. The third-order valence-electron chi connectivity index (χ3n) is 11.2. The molecule has 4 aliphatic heterocycles. The monoisotopic (exact) mass is 723 g/mol. The van der Waals surface area contributed by atoms with Gasteiger partial charge >= 0.3 is 24.5 Å². The minimum absolute atomic E-state index is 0.0240. The number of para-hydroxylation sites is 1. The molecule has 4 heterocycles. The Morgan fingerprint density at radius 3 is 2.18 bits per heavy atom. The number of ether oxygens (including phenoxy) is 1. The lowest BCUT2D eigenvalue weighted by atomic mass is 9.77. The van der Waals surface area contributed by atoms with E-state index in [-0.39, 0.29) is 37.5 Å². The van der Waals surface area contributed by atoms with Crippen molar-refractivity contribution < 1.29 is 45.5 Å². The number of aldehydes is 1. The molecule has 0 bridgehead atoms. The van der Waals surface area contributed by atoms with Crippen molar-refractivity contribution in [2.24, 2.45) is 11.8 Å². The van der Waals surface area contributed by atoms with E-state index in [9.17, 15) is 40.7 Å². The molecule has 9 nitrogen and oxygen atoms in total. The zero-order chi connectivity index (χ0) is 36.4. The van der Waals surface area contributed by atoms with E-state index in [4.69, 9.17) is 4.74 Å². The molecule has 15 heteroatoms. The van der Waals surface area contributed by atoms with Crippen molar-refractivity contribution in [3.63, 3.8) is 0 Å². The van der Waals surface area contributed by atoms with Gasteiger partial charge in [0.25, 0.3) is 0 Å². The van der Waals surface area contributed by atoms with Gasteiger partial charge in [-0.1, -0.05) is 18.2 Å². The van der Waals surface area contributed by atoms with Crippen LogP contribution in [0.25, 0.3) is 0 Å². The van der Waals surface area contributed by atoms with E-state index in [1.807, 2.05) is 24.3 Å². The number of benzene rings is 2. The molecule has 3 saturated heterocycles. The Morgan fingerprint density at radius 2 is 1.53 bits per heavy atom. The number of nitrogens with one attached hydrogen (secondary N) is 2. The molecule has 2 N–H and O–H groups in total. The summed E-state index contributed by atoms with van der Waals surface area (Å²) in [5.74, 6) is 1.03. The molecule has 2 aromatic rings. The Balaban J connectivity index is 1.26. The molecule has 2 aromatic carbocycles. The summed E-state index contributed by atoms with van der Waals surface area (Å²) < 4.78 is 86.6. The van der Waals surface area contributed by atoms with Crippen LogP contribution in [0, 0.1) is 11.8 Å². The molecule has 0 aromatic heterocycles. The molecule has 3 amide bonds. The number of carbonyl (C=O) groups excluding carboxylic acids is 3. The predicted molar refractivity (Wildman–Crippen MR) is 176 cm³/mol. The number of likely N-dealkylation sites (tertiary alicyclic amines) is 2. The number of fused-ring (bicyclic) bond motifs is 1. The fraction of sp³-hybridized carbons (Fsp3) is 0.583. The summed E-state index contributed by atoms with van der Waals surface area (Å²) in [7, 11) is 0. The Bertz CT molecular complexity index is 1540. The van der Waals surface area contributed by atoms with Crippen LogP contribution in [0.4, 0.5) is 41.6 Å². The van der Waals surface area contributed by atoms with Crippen molar-refractivity contribution in [3.8, 4) is 0 Å². The third kappa shape index (κ3) is 8.14. The van der Waals surface area contributed by atoms with E-state index >= 15 is 0 Å². The third-order valence-corrected chi connectivity index (χ3v) is 11.2. The van der Waals surface area contributed by atoms with Crippen molar-refractivity contribution in [3.05, 3.63) is 64.7 Å². The van der Waals surface area contributed by atoms with Crippen LogP contribution in [0.5, 0.6) is 0 Å². The summed E-state index contributed by atoms with van der Waals surface area (Å²) in [5.41, 5.74) is -3.01. The molecule has 278 valence electrons. The Labute approximate surface area is 292 Å². The highest BCUT2D eigenvalue weighted by atomic mass is 19.4. The molecule has 3 fully saturated rings. The highest BCUT2D eigenvalue weighted by Gasteiger charge is 2.52. The van der Waals surface area contributed by atoms with E-state index in [1.54, 1.807) is 4.90 Å². The predicted octanol–water partition coefficient (Wildman–Crippen LogP) is 6.91. The minimum atomic E-state index is -5.05. The van der Waals surface area contributed by atoms with Gasteiger partial charge in [-0.25, -0.2) is 9.59 Å². The lowest BCUT2D eigenvalue weighted by Gasteiger charge is -2.56. The second-order valence-electron chi connectivity index (χ2n) is 14.1. The van der Waals surface area contributed by atoms with Crippen LogP contribution in [-0.4, -0.2) is 84.1 Å². The first kappa shape index (κ1) is 36.9. The number of urea groups is 1. The van der Waals surface area contributed by atoms with Gasteiger partial charge in [0, 0.05) is 50.7 Å². The van der Waals surface area contributed by atoms with Crippen molar-refractivity contribution in [1.82, 2.24) is 20.0 Å². The van der Waals surface area contributed by atoms with Gasteiger partial charge in [0.1, 0.15) is 18.6 Å². The smallest absolute Gasteiger partial charge is 0.416 e. The van der Waals surface area contributed by atoms with Gasteiger partial charge in [-0.2, -0.15) is 26.3 Å². The molecular formula is C36H43F6N5O4. The van der Waals surface area contributed by atoms with Crippen LogP contribution < -0.4 is 10.6 Å². The lowest BCUT2D eigenvalue weighted by Crippen LogP contribution is -2.69. The first-order valence-electron chi connectivity index (χ1n) is 17.6. The van der Waals surface area contributed by atoms with Gasteiger partial charge in [0.05, 0.1) is 11.1 Å². The average Bonchev–Trinajstić information content (AvgIpc) is 3.28. The highest BCUT2D eigenvalue weighted by Crippen LogP contribution is 2.42. The van der Waals surface area contributed by atoms with E-state index in [1.165, 1.54) is 4.90 Å². The maximum Gasteiger partial charge on any atom is 0.416 e. The van der Waals surface area contributed by atoms with Crippen molar-refractivity contribution in [2.75, 3.05) is 44.6 Å². The standard InChI is InChI=1S/C36H43F6N5O4/c37-35(38,39)28-19-24(20-29(21-28)36(40,41)42)23-51-33(50)47-17-10-30(46-16-9-27-3-1-2-4-31(27)44-32(46)49)22-34(47,11-18-48)45-14-7-26(8-15-45)25-5-12-43-13-6-25/h1-4,18-21,25-26,30,43H,5-17,22-23H2,(H,44,49)/t30-,34+/m1/s1. The number of hydrogen-bond donors (Lipinski definition) is 2. The number of amides is 3. The molecule has 2 atom stereocenters. The normalized spacial score (nSPS) is 24.4. The van der Waals surface area contributed by atoms with Crippen LogP contribution in [0.15, 0.2) is 42.5 Å². The number of piperidine rings is 3. The first-order valence-corrected chi connectivity index (χ1v) is 17.6. The highest BCUT2D eigenvalue weighted by molar-refractivity contribution is 5.91. The largest absolute Gasteiger partial charge is 0.445 e. The molecule has 0 aliphatic carbocycles. The van der Waals surface area contributed by atoms with Crippen molar-refractivity contribution >= 4 is 24.1 Å². The Hall–Kier alpha value is -3.85. The second-order valence-corrected chi connectivity index (χ2v) is 14.1. The van der Waals surface area contributed by atoms with Crippen LogP contribution in [0.3, 0.4) is 0 Å². The fourth-order valence-corrected chi connectivity index (χ4v) is 8.53. The van der Waals surface area contributed by atoms with Crippen molar-refractivity contribution in [2.45, 2.75) is 82.0 Å². The number of rotatable bonds is 7. The SMILES string of the molecule is O=CC[C@@]1(N2CCC(C3CCNCC3)CC2)C[C@H](N2CCc3ccccc3NC2=O)CCN1C(=O)OCc1cc(C(F)(F)F)cc(C(F)(F)F)c1. The fourth-order valence-electron chi connectivity index (χ4n) is 8.53. The van der Waals surface area contributed by atoms with Gasteiger partial charge in [-0.05, 0) is 98.8 Å². The minimum Gasteiger partial charge on any atom is -0.445 e. The van der Waals surface area contributed by atoms with Gasteiger partial charge in [0.2, 0.25) is 0 Å². The first-order chi connectivity index (χ1) is 24.3. The zero-order valence-corrected chi connectivity index (χ0v) is 28.2. The molecule has 0 saturated carbocycles. The summed E-state index contributed by atoms with van der Waals surface area (Å²) in [6, 6.07) is 7.95. The van der Waals surface area contributed by atoms with E-state index in [2.05, 4.69) is 15.5 Å². The Morgan fingerprint density at radius 1 is 0.882 bits per heavy atom. The van der Waals surface area contributed by atoms with Gasteiger partial charge < -0.3 is 25.1 Å². The molecule has 0 unspecified atom stereocenters. The molecular weight excluding hydrogens is 680 g/mol. The number of alkyl halides is 6. The lowest BCUT2D eigenvalue weighted by molar-refractivity contribution is -0.143. The number of nitrogens with zero attached hydrogens (tertiary/aromatic N) is 3. The molecule has 0 radical (unpaired) electrons. The zero-order valence-electron chi connectivity index (χ0n) is 28.2. The quantitative estimate of drug-likeness (QED) is 0.238. The summed E-state index contributed by atoms with van der Waals surface area (Å²) >= 11 is 0. The van der Waals surface area contributed by atoms with E-state index in [0.29, 0.717) is 62.1 Å². The van der Waals surface area contributed by atoms with Crippen LogP contribution in [-0.2, 0) is 34.9 Å². The van der Waals surface area contributed by atoms with E-state index < -0.39 is 47.4 Å². The van der Waals surface area contributed by atoms with Gasteiger partial charge in [-0.15, -0.1) is 0 Å². The maximum atomic E-state index is 13.9. The van der Waals surface area contributed by atoms with Crippen LogP contribution in [0.1, 0.15) is 67.2 Å². The summed E-state index contributed by atoms with van der Waals surface area (Å²) in [5, 5.41) is 6.38. The number of halogens is 6. The average molecular weight is 724 g/mol. The summed E-state index contributed by atoms with van der Waals surface area (Å²) in [6.07, 6.45) is -5.50. The molecule has 4 aliphatic rings. The summed E-state index contributed by atoms with van der Waals surface area (Å²) in [4.78, 5) is 45.2. The second kappa shape index (κ2) is 15.0. The number of carbonyl (C=O) groups is 3. The van der Waals surface area contributed by atoms with Crippen LogP contribution in [0.2, 0.25) is 0 Å². The molecule has 51 heavy (non-hydrogen) atoms. The number of anilines is 1. The maximum absolute atomic E-state index is 13.9. The molecule has 6 rings (SSSR count). The molecule has 0 spiro atoms. The van der Waals surface area contributed by atoms with Gasteiger partial charge in [-0.3, -0.25) is 9.80 Å². The summed E-state index contributed by atoms with van der Waals surface area (Å²) in [6.45, 7) is 2.67. The van der Waals surface area contributed by atoms with Crippen molar-refractivity contribution in [1.29, 1.82) is 0 Å². The topological polar surface area (TPSA) is 94.2 Å². The van der Waals surface area contributed by atoms with Gasteiger partial charge in [0.15, 0.2) is 0 Å².